The van der Waals surface area contributed by atoms with Gasteiger partial charge in [0.15, 0.2) is 0 Å². The van der Waals surface area contributed by atoms with E-state index in [0.717, 1.165) is 24.8 Å². The predicted octanol–water partition coefficient (Wildman–Crippen LogP) is 4.90. The van der Waals surface area contributed by atoms with Crippen molar-refractivity contribution in [3.63, 3.8) is 0 Å². The van der Waals surface area contributed by atoms with E-state index in [2.05, 4.69) is 12.2 Å². The molecular formula is C21H24ClN3O2. The van der Waals surface area contributed by atoms with Gasteiger partial charge in [0.25, 0.3) is 5.91 Å². The molecule has 1 fully saturated rings. The number of hydrogen-bond donors (Lipinski definition) is 1. The zero-order chi connectivity index (χ0) is 19.4. The summed E-state index contributed by atoms with van der Waals surface area (Å²) >= 11 is 5.92. The number of likely N-dealkylation sites (N-methyl/N-ethyl adjacent to an activating group) is 1. The highest BCUT2D eigenvalue weighted by atomic mass is 35.5. The number of benzene rings is 2. The van der Waals surface area contributed by atoms with E-state index in [1.807, 2.05) is 30.3 Å². The van der Waals surface area contributed by atoms with Crippen molar-refractivity contribution in [3.8, 4) is 0 Å². The number of urea groups is 1. The third kappa shape index (κ3) is 4.08. The van der Waals surface area contributed by atoms with Gasteiger partial charge >= 0.3 is 6.03 Å². The molecule has 0 bridgehead atoms. The lowest BCUT2D eigenvalue weighted by Crippen LogP contribution is -2.43. The van der Waals surface area contributed by atoms with Crippen LogP contribution in [0.3, 0.4) is 0 Å². The van der Waals surface area contributed by atoms with Crippen LogP contribution in [0.2, 0.25) is 5.02 Å². The lowest BCUT2D eigenvalue weighted by atomic mass is 10.1. The van der Waals surface area contributed by atoms with Gasteiger partial charge < -0.3 is 10.2 Å². The number of hydrogen-bond acceptors (Lipinski definition) is 2. The molecule has 3 rings (SSSR count). The molecule has 3 amide bonds. The first-order valence-electron chi connectivity index (χ1n) is 9.19. The summed E-state index contributed by atoms with van der Waals surface area (Å²) in [4.78, 5) is 29.5. The Morgan fingerprint density at radius 2 is 1.78 bits per heavy atom. The monoisotopic (exact) mass is 385 g/mol. The van der Waals surface area contributed by atoms with Crippen LogP contribution in [0.5, 0.6) is 0 Å². The molecule has 0 spiro atoms. The molecule has 1 N–H and O–H groups in total. The van der Waals surface area contributed by atoms with Crippen LogP contribution in [0.4, 0.5) is 10.5 Å². The van der Waals surface area contributed by atoms with Crippen molar-refractivity contribution < 1.29 is 9.59 Å². The molecule has 0 aliphatic carbocycles. The van der Waals surface area contributed by atoms with Gasteiger partial charge in [-0.05, 0) is 42.7 Å². The molecule has 0 aromatic heterocycles. The van der Waals surface area contributed by atoms with E-state index in [0.29, 0.717) is 10.7 Å². The molecule has 0 saturated carbocycles. The fourth-order valence-corrected chi connectivity index (χ4v) is 3.58. The zero-order valence-corrected chi connectivity index (χ0v) is 16.3. The van der Waals surface area contributed by atoms with Crippen molar-refractivity contribution in [1.82, 2.24) is 9.80 Å². The van der Waals surface area contributed by atoms with E-state index in [1.165, 1.54) is 0 Å². The lowest BCUT2D eigenvalue weighted by molar-refractivity contribution is -0.129. The fourth-order valence-electron chi connectivity index (χ4n) is 3.45. The van der Waals surface area contributed by atoms with E-state index < -0.39 is 6.04 Å². The van der Waals surface area contributed by atoms with Crippen LogP contribution < -0.4 is 5.32 Å². The topological polar surface area (TPSA) is 52.7 Å². The summed E-state index contributed by atoms with van der Waals surface area (Å²) in [6.45, 7) is 2.10. The Hall–Kier alpha value is -2.53. The lowest BCUT2D eigenvalue weighted by Gasteiger charge is -2.30. The number of nitrogens with zero attached hydrogens (tertiary/aromatic N) is 2. The number of unbranched alkanes of at least 4 members (excludes halogenated alkanes) is 1. The highest BCUT2D eigenvalue weighted by molar-refractivity contribution is 6.30. The SMILES string of the molecule is CCCCC1N(C)C(=O)C(c2ccccc2)N1C(=O)Nc1ccc(Cl)cc1. The van der Waals surface area contributed by atoms with Gasteiger partial charge in [0.2, 0.25) is 0 Å². The van der Waals surface area contributed by atoms with E-state index in [9.17, 15) is 9.59 Å². The minimum Gasteiger partial charge on any atom is -0.323 e. The Labute approximate surface area is 164 Å². The van der Waals surface area contributed by atoms with Gasteiger partial charge in [-0.1, -0.05) is 55.3 Å². The molecule has 1 heterocycles. The van der Waals surface area contributed by atoms with Gasteiger partial charge in [0.1, 0.15) is 12.2 Å². The molecule has 5 nitrogen and oxygen atoms in total. The van der Waals surface area contributed by atoms with Gasteiger partial charge in [-0.3, -0.25) is 9.69 Å². The van der Waals surface area contributed by atoms with Crippen LogP contribution in [0.1, 0.15) is 37.8 Å². The largest absolute Gasteiger partial charge is 0.324 e. The van der Waals surface area contributed by atoms with Crippen molar-refractivity contribution >= 4 is 29.2 Å². The fraction of sp³-hybridized carbons (Fsp3) is 0.333. The molecule has 6 heteroatoms. The maximum absolute atomic E-state index is 13.2. The van der Waals surface area contributed by atoms with Crippen molar-refractivity contribution in [2.75, 3.05) is 12.4 Å². The molecule has 2 atom stereocenters. The number of carbonyl (C=O) groups is 2. The Morgan fingerprint density at radius 1 is 1.11 bits per heavy atom. The third-order valence-corrected chi connectivity index (χ3v) is 5.14. The summed E-state index contributed by atoms with van der Waals surface area (Å²) in [5.74, 6) is -0.0615. The number of halogens is 1. The van der Waals surface area contributed by atoms with Crippen LogP contribution in [-0.2, 0) is 4.79 Å². The van der Waals surface area contributed by atoms with Gasteiger partial charge in [-0.2, -0.15) is 0 Å². The van der Waals surface area contributed by atoms with E-state index in [-0.39, 0.29) is 18.1 Å². The summed E-state index contributed by atoms with van der Waals surface area (Å²) in [6.07, 6.45) is 2.42. The second-order valence-corrected chi connectivity index (χ2v) is 7.17. The normalized spacial score (nSPS) is 19.4. The van der Waals surface area contributed by atoms with Gasteiger partial charge in [-0.15, -0.1) is 0 Å². The van der Waals surface area contributed by atoms with Crippen LogP contribution >= 0.6 is 11.6 Å². The first kappa shape index (κ1) is 19.2. The molecule has 1 saturated heterocycles. The van der Waals surface area contributed by atoms with E-state index in [1.54, 1.807) is 41.1 Å². The van der Waals surface area contributed by atoms with Gasteiger partial charge in [0, 0.05) is 17.8 Å². The van der Waals surface area contributed by atoms with Crippen LogP contribution in [-0.4, -0.2) is 35.0 Å². The first-order valence-corrected chi connectivity index (χ1v) is 9.57. The van der Waals surface area contributed by atoms with Crippen LogP contribution in [0, 0.1) is 0 Å². The number of rotatable bonds is 5. The smallest absolute Gasteiger partial charge is 0.323 e. The minimum atomic E-state index is -0.620. The van der Waals surface area contributed by atoms with Crippen molar-refractivity contribution in [2.45, 2.75) is 38.4 Å². The van der Waals surface area contributed by atoms with Crippen molar-refractivity contribution in [2.24, 2.45) is 0 Å². The first-order chi connectivity index (χ1) is 13.0. The van der Waals surface area contributed by atoms with Crippen LogP contribution in [0.25, 0.3) is 0 Å². The average Bonchev–Trinajstić information content (AvgIpc) is 2.93. The number of amides is 3. The Kier molecular flexibility index (Phi) is 6.01. The van der Waals surface area contributed by atoms with E-state index in [4.69, 9.17) is 11.6 Å². The summed E-state index contributed by atoms with van der Waals surface area (Å²) in [5.41, 5.74) is 1.46. The third-order valence-electron chi connectivity index (χ3n) is 4.89. The highest BCUT2D eigenvalue weighted by Crippen LogP contribution is 2.35. The molecule has 0 radical (unpaired) electrons. The van der Waals surface area contributed by atoms with Crippen molar-refractivity contribution in [1.29, 1.82) is 0 Å². The average molecular weight is 386 g/mol. The molecule has 2 aromatic carbocycles. The molecule has 2 unspecified atom stereocenters. The zero-order valence-electron chi connectivity index (χ0n) is 15.6. The standard InChI is InChI=1S/C21H24ClN3O2/c1-3-4-10-18-24(2)20(26)19(15-8-6-5-7-9-15)25(18)21(27)23-17-13-11-16(22)12-14-17/h5-9,11-14,18-19H,3-4,10H2,1-2H3,(H,23,27). The number of anilines is 1. The maximum Gasteiger partial charge on any atom is 0.324 e. The summed E-state index contributed by atoms with van der Waals surface area (Å²) in [5, 5.41) is 3.51. The molecule has 27 heavy (non-hydrogen) atoms. The Bertz CT molecular complexity index is 795. The van der Waals surface area contributed by atoms with Crippen LogP contribution in [0.15, 0.2) is 54.6 Å². The summed E-state index contributed by atoms with van der Waals surface area (Å²) in [6, 6.07) is 15.5. The summed E-state index contributed by atoms with van der Waals surface area (Å²) in [7, 11) is 1.77. The molecular weight excluding hydrogens is 362 g/mol. The quantitative estimate of drug-likeness (QED) is 0.795. The maximum atomic E-state index is 13.2. The predicted molar refractivity (Wildman–Crippen MR) is 108 cm³/mol. The highest BCUT2D eigenvalue weighted by Gasteiger charge is 2.47. The van der Waals surface area contributed by atoms with E-state index >= 15 is 0 Å². The number of carbonyl (C=O) groups excluding carboxylic acids is 2. The van der Waals surface area contributed by atoms with Gasteiger partial charge in [-0.25, -0.2) is 4.79 Å². The van der Waals surface area contributed by atoms with Gasteiger partial charge in [0.05, 0.1) is 0 Å². The molecule has 1 aliphatic rings. The molecule has 1 aliphatic heterocycles. The molecule has 142 valence electrons. The minimum absolute atomic E-state index is 0.0615. The second kappa shape index (κ2) is 8.44. The number of nitrogens with one attached hydrogen (secondary N) is 1. The van der Waals surface area contributed by atoms with Crippen molar-refractivity contribution in [3.05, 3.63) is 65.2 Å². The summed E-state index contributed by atoms with van der Waals surface area (Å²) < 4.78 is 0. The Balaban J connectivity index is 1.92. The molecule has 2 aromatic rings. The second-order valence-electron chi connectivity index (χ2n) is 6.73. The Morgan fingerprint density at radius 3 is 2.41 bits per heavy atom.